The first kappa shape index (κ1) is 20.3. The molecule has 1 aliphatic heterocycles. The van der Waals surface area contributed by atoms with Gasteiger partial charge < -0.3 is 4.84 Å². The molecule has 0 saturated heterocycles. The molecule has 2 N–H and O–H groups in total. The number of halogens is 2. The van der Waals surface area contributed by atoms with Crippen molar-refractivity contribution < 1.29 is 9.63 Å². The van der Waals surface area contributed by atoms with E-state index in [-0.39, 0.29) is 6.54 Å². The van der Waals surface area contributed by atoms with Crippen molar-refractivity contribution >= 4 is 60.9 Å². The molecule has 0 bridgehead atoms. The lowest BCUT2D eigenvalue weighted by Crippen LogP contribution is -2.31. The fourth-order valence-electron chi connectivity index (χ4n) is 2.93. The topological polar surface area (TPSA) is 75.1 Å². The van der Waals surface area contributed by atoms with Gasteiger partial charge in [-0.2, -0.15) is 0 Å². The van der Waals surface area contributed by atoms with E-state index >= 15 is 0 Å². The molecule has 4 rings (SSSR count). The number of nitrogens with zero attached hydrogens (tertiary/aromatic N) is 2. The van der Waals surface area contributed by atoms with Crippen LogP contribution >= 0.6 is 31.9 Å². The van der Waals surface area contributed by atoms with Gasteiger partial charge in [-0.3, -0.25) is 10.3 Å². The number of anilines is 1. The Labute approximate surface area is 190 Å². The van der Waals surface area contributed by atoms with Crippen molar-refractivity contribution in [1.82, 2.24) is 5.48 Å². The van der Waals surface area contributed by atoms with Crippen LogP contribution in [-0.2, 0) is 4.84 Å². The number of amides is 1. The van der Waals surface area contributed by atoms with Crippen molar-refractivity contribution in [2.75, 3.05) is 11.9 Å². The van der Waals surface area contributed by atoms with Gasteiger partial charge in [-0.1, -0.05) is 68.3 Å². The third-order valence-electron chi connectivity index (χ3n) is 4.24. The Morgan fingerprint density at radius 3 is 2.53 bits per heavy atom. The maximum Gasteiger partial charge on any atom is 0.435 e. The highest BCUT2D eigenvalue weighted by Crippen LogP contribution is 2.28. The van der Waals surface area contributed by atoms with Crippen molar-refractivity contribution in [2.24, 2.45) is 9.98 Å². The lowest BCUT2D eigenvalue weighted by molar-refractivity contribution is 0.134. The molecule has 0 saturated carbocycles. The molecule has 6 nitrogen and oxygen atoms in total. The molecule has 150 valence electrons. The third-order valence-corrected chi connectivity index (χ3v) is 5.22. The molecule has 0 aromatic heterocycles. The van der Waals surface area contributed by atoms with E-state index in [4.69, 9.17) is 9.83 Å². The fraction of sp³-hybridized carbons (Fsp3) is 0.0455. The highest BCUT2D eigenvalue weighted by atomic mass is 79.9. The zero-order chi connectivity index (χ0) is 20.9. The van der Waals surface area contributed by atoms with Crippen LogP contribution in [-0.4, -0.2) is 24.2 Å². The summed E-state index contributed by atoms with van der Waals surface area (Å²) in [5, 5.41) is 2.65. The zero-order valence-corrected chi connectivity index (χ0v) is 18.8. The standard InChI is InChI=1S/C22H16Br2N4O2/c23-15-7-4-8-17(11-15)26-22(29)30-28-20-13-25-21(14-5-2-1-3-6-14)18-12-16(24)9-10-19(18)27-20/h1-12H,13H2,(H,26,29)(H,27,28). The molecular formula is C22H16Br2N4O2. The number of hydrogen-bond acceptors (Lipinski definition) is 5. The summed E-state index contributed by atoms with van der Waals surface area (Å²) in [5.41, 5.74) is 6.68. The van der Waals surface area contributed by atoms with Crippen LogP contribution in [0.25, 0.3) is 0 Å². The van der Waals surface area contributed by atoms with E-state index in [1.165, 1.54) is 0 Å². The van der Waals surface area contributed by atoms with Crippen molar-refractivity contribution in [1.29, 1.82) is 0 Å². The number of aliphatic imine (C=N–C) groups is 2. The molecule has 1 aliphatic rings. The van der Waals surface area contributed by atoms with Crippen molar-refractivity contribution in [3.63, 3.8) is 0 Å². The Kier molecular flexibility index (Phi) is 6.25. The van der Waals surface area contributed by atoms with Gasteiger partial charge in [0.2, 0.25) is 0 Å². The number of carbonyl (C=O) groups is 1. The maximum atomic E-state index is 12.1. The number of hydroxylamine groups is 1. The molecule has 1 heterocycles. The molecule has 0 unspecified atom stereocenters. The van der Waals surface area contributed by atoms with Gasteiger partial charge in [-0.05, 0) is 36.4 Å². The predicted molar refractivity (Wildman–Crippen MR) is 126 cm³/mol. The largest absolute Gasteiger partial charge is 0.435 e. The summed E-state index contributed by atoms with van der Waals surface area (Å²) in [6.07, 6.45) is -0.650. The van der Waals surface area contributed by atoms with Crippen molar-refractivity contribution in [2.45, 2.75) is 0 Å². The van der Waals surface area contributed by atoms with Crippen molar-refractivity contribution in [3.8, 4) is 0 Å². The Morgan fingerprint density at radius 1 is 0.933 bits per heavy atom. The Hall–Kier alpha value is -2.97. The van der Waals surface area contributed by atoms with Gasteiger partial charge in [0.05, 0.1) is 11.4 Å². The van der Waals surface area contributed by atoms with Crippen LogP contribution in [0.2, 0.25) is 0 Å². The Bertz CT molecular complexity index is 1150. The number of carbonyl (C=O) groups excluding carboxylic acids is 1. The molecule has 0 fully saturated rings. The van der Waals surface area contributed by atoms with E-state index in [0.29, 0.717) is 11.5 Å². The summed E-state index contributed by atoms with van der Waals surface area (Å²) in [5.74, 6) is 0.425. The molecule has 0 aliphatic carbocycles. The molecule has 0 radical (unpaired) electrons. The molecule has 30 heavy (non-hydrogen) atoms. The van der Waals surface area contributed by atoms with E-state index in [1.807, 2.05) is 60.7 Å². The molecule has 3 aromatic carbocycles. The highest BCUT2D eigenvalue weighted by molar-refractivity contribution is 9.10. The van der Waals surface area contributed by atoms with E-state index in [0.717, 1.165) is 31.5 Å². The second-order valence-corrected chi connectivity index (χ2v) is 8.21. The third kappa shape index (κ3) is 4.95. The molecule has 3 aromatic rings. The smallest absolute Gasteiger partial charge is 0.323 e. The average Bonchev–Trinajstić information content (AvgIpc) is 2.92. The average molecular weight is 528 g/mol. The molecule has 0 spiro atoms. The number of rotatable bonds is 2. The van der Waals surface area contributed by atoms with Gasteiger partial charge in [0.1, 0.15) is 6.54 Å². The SMILES string of the molecule is O=C(Nc1cccc(Br)c1)ONC1=Nc2ccc(Br)cc2C(c2ccccc2)=NC1. The van der Waals surface area contributed by atoms with Crippen LogP contribution < -0.4 is 10.8 Å². The molecule has 0 atom stereocenters. The van der Waals surface area contributed by atoms with Gasteiger partial charge >= 0.3 is 6.09 Å². The van der Waals surface area contributed by atoms with E-state index < -0.39 is 6.09 Å². The monoisotopic (exact) mass is 526 g/mol. The predicted octanol–water partition coefficient (Wildman–Crippen LogP) is 5.85. The fourth-order valence-corrected chi connectivity index (χ4v) is 3.69. The minimum atomic E-state index is -0.650. The van der Waals surface area contributed by atoms with Crippen LogP contribution in [0.5, 0.6) is 0 Å². The van der Waals surface area contributed by atoms with Crippen LogP contribution in [0.3, 0.4) is 0 Å². The van der Waals surface area contributed by atoms with E-state index in [2.05, 4.69) is 47.6 Å². The summed E-state index contributed by atoms with van der Waals surface area (Å²) in [6, 6.07) is 22.9. The Balaban J connectivity index is 1.53. The van der Waals surface area contributed by atoms with Gasteiger partial charge in [0.25, 0.3) is 0 Å². The minimum absolute atomic E-state index is 0.237. The zero-order valence-electron chi connectivity index (χ0n) is 15.6. The second kappa shape index (κ2) is 9.23. The van der Waals surface area contributed by atoms with E-state index in [9.17, 15) is 4.79 Å². The van der Waals surface area contributed by atoms with Crippen LogP contribution in [0.15, 0.2) is 91.7 Å². The van der Waals surface area contributed by atoms with Crippen LogP contribution in [0.4, 0.5) is 16.2 Å². The quantitative estimate of drug-likeness (QED) is 0.411. The van der Waals surface area contributed by atoms with Crippen molar-refractivity contribution in [3.05, 3.63) is 92.9 Å². The first-order chi connectivity index (χ1) is 14.6. The van der Waals surface area contributed by atoms with Gasteiger partial charge in [-0.15, -0.1) is 0 Å². The highest BCUT2D eigenvalue weighted by Gasteiger charge is 2.17. The molecule has 8 heteroatoms. The summed E-state index contributed by atoms with van der Waals surface area (Å²) in [7, 11) is 0. The van der Waals surface area contributed by atoms with Gasteiger partial charge in [-0.25, -0.2) is 15.3 Å². The molecule has 1 amide bonds. The van der Waals surface area contributed by atoms with Gasteiger partial charge in [0.15, 0.2) is 5.84 Å². The minimum Gasteiger partial charge on any atom is -0.323 e. The number of fused-ring (bicyclic) bond motifs is 1. The first-order valence-electron chi connectivity index (χ1n) is 9.05. The van der Waals surface area contributed by atoms with Crippen LogP contribution in [0, 0.1) is 0 Å². The van der Waals surface area contributed by atoms with Gasteiger partial charge in [0, 0.05) is 25.8 Å². The number of nitrogens with one attached hydrogen (secondary N) is 2. The maximum absolute atomic E-state index is 12.1. The summed E-state index contributed by atoms with van der Waals surface area (Å²) >= 11 is 6.88. The van der Waals surface area contributed by atoms with Crippen LogP contribution in [0.1, 0.15) is 11.1 Å². The summed E-state index contributed by atoms with van der Waals surface area (Å²) in [4.78, 5) is 26.6. The number of hydrogen-bond donors (Lipinski definition) is 2. The summed E-state index contributed by atoms with van der Waals surface area (Å²) in [6.45, 7) is 0.237. The normalized spacial score (nSPS) is 12.7. The lowest BCUT2D eigenvalue weighted by Gasteiger charge is -2.09. The number of amidine groups is 1. The number of benzene rings is 3. The summed E-state index contributed by atoms with van der Waals surface area (Å²) < 4.78 is 1.79. The second-order valence-electron chi connectivity index (χ2n) is 6.38. The lowest BCUT2D eigenvalue weighted by atomic mass is 10.0. The van der Waals surface area contributed by atoms with E-state index in [1.54, 1.807) is 12.1 Å². The Morgan fingerprint density at radius 2 is 1.73 bits per heavy atom. The molecular weight excluding hydrogens is 512 g/mol. The first-order valence-corrected chi connectivity index (χ1v) is 10.6.